The van der Waals surface area contributed by atoms with Crippen LogP contribution in [0.1, 0.15) is 46.5 Å². The number of likely N-dealkylation sites (tertiary alicyclic amines) is 1. The van der Waals surface area contributed by atoms with Crippen LogP contribution in [0.5, 0.6) is 5.75 Å². The van der Waals surface area contributed by atoms with E-state index < -0.39 is 5.60 Å². The molecule has 0 saturated carbocycles. The molecular formula is C20H32N2O3. The second-order valence-corrected chi connectivity index (χ2v) is 7.09. The number of benzene rings is 1. The molecule has 1 amide bonds. The summed E-state index contributed by atoms with van der Waals surface area (Å²) >= 11 is 0. The Morgan fingerprint density at radius 2 is 1.80 bits per heavy atom. The van der Waals surface area contributed by atoms with Gasteiger partial charge in [-0.15, -0.1) is 0 Å². The number of piperidine rings is 1. The Morgan fingerprint density at radius 3 is 2.44 bits per heavy atom. The van der Waals surface area contributed by atoms with Gasteiger partial charge in [-0.3, -0.25) is 9.69 Å². The molecule has 0 bridgehead atoms. The van der Waals surface area contributed by atoms with Crippen LogP contribution in [0.15, 0.2) is 24.3 Å². The highest BCUT2D eigenvalue weighted by molar-refractivity contribution is 5.96. The van der Waals surface area contributed by atoms with Crippen molar-refractivity contribution in [2.45, 2.75) is 52.1 Å². The van der Waals surface area contributed by atoms with Crippen molar-refractivity contribution in [3.8, 4) is 5.75 Å². The van der Waals surface area contributed by atoms with Crippen LogP contribution in [-0.4, -0.2) is 49.3 Å². The zero-order valence-electron chi connectivity index (χ0n) is 15.8. The first-order chi connectivity index (χ1) is 12.0. The molecule has 2 rings (SSSR count). The van der Waals surface area contributed by atoms with E-state index in [-0.39, 0.29) is 5.91 Å². The van der Waals surface area contributed by atoms with Gasteiger partial charge in [0.05, 0.1) is 0 Å². The third kappa shape index (κ3) is 6.67. The number of hydrogen-bond acceptors (Lipinski definition) is 4. The summed E-state index contributed by atoms with van der Waals surface area (Å²) in [4.78, 5) is 14.8. The van der Waals surface area contributed by atoms with Crippen LogP contribution < -0.4 is 10.1 Å². The Labute approximate surface area is 151 Å². The van der Waals surface area contributed by atoms with Crippen molar-refractivity contribution in [2.24, 2.45) is 0 Å². The summed E-state index contributed by atoms with van der Waals surface area (Å²) in [7, 11) is 0. The van der Waals surface area contributed by atoms with E-state index in [0.29, 0.717) is 13.2 Å². The van der Waals surface area contributed by atoms with Gasteiger partial charge in [0.15, 0.2) is 0 Å². The van der Waals surface area contributed by atoms with E-state index in [1.54, 1.807) is 13.8 Å². The number of amides is 1. The van der Waals surface area contributed by atoms with E-state index in [2.05, 4.69) is 10.2 Å². The maximum atomic E-state index is 12.3. The molecule has 5 nitrogen and oxygen atoms in total. The summed E-state index contributed by atoms with van der Waals surface area (Å²) in [6, 6.07) is 7.52. The highest BCUT2D eigenvalue weighted by Crippen LogP contribution is 2.19. The van der Waals surface area contributed by atoms with Crippen molar-refractivity contribution in [1.29, 1.82) is 0 Å². The topological polar surface area (TPSA) is 50.8 Å². The number of ether oxygens (including phenoxy) is 2. The minimum Gasteiger partial charge on any atom is -0.492 e. The van der Waals surface area contributed by atoms with Gasteiger partial charge < -0.3 is 14.8 Å². The summed E-state index contributed by atoms with van der Waals surface area (Å²) in [5.74, 6) is 0.691. The summed E-state index contributed by atoms with van der Waals surface area (Å²) < 4.78 is 11.4. The Morgan fingerprint density at radius 1 is 1.12 bits per heavy atom. The molecule has 0 aromatic heterocycles. The van der Waals surface area contributed by atoms with Crippen LogP contribution in [-0.2, 0) is 9.53 Å². The second kappa shape index (κ2) is 9.78. The lowest BCUT2D eigenvalue weighted by molar-refractivity contribution is -0.137. The molecule has 140 valence electrons. The molecular weight excluding hydrogens is 316 g/mol. The van der Waals surface area contributed by atoms with Gasteiger partial charge in [0.1, 0.15) is 18.0 Å². The molecule has 1 fully saturated rings. The predicted octanol–water partition coefficient (Wildman–Crippen LogP) is 3.70. The first-order valence-electron chi connectivity index (χ1n) is 9.42. The first-order valence-corrected chi connectivity index (χ1v) is 9.42. The van der Waals surface area contributed by atoms with Gasteiger partial charge >= 0.3 is 0 Å². The number of hydrogen-bond donors (Lipinski definition) is 1. The van der Waals surface area contributed by atoms with E-state index in [9.17, 15) is 4.79 Å². The van der Waals surface area contributed by atoms with Crippen LogP contribution >= 0.6 is 0 Å². The lowest BCUT2D eigenvalue weighted by Gasteiger charge is -2.26. The SMILES string of the molecule is CCCOC(C)(C)C(=O)Nc1ccc(OCCN2CCCCC2)cc1. The maximum absolute atomic E-state index is 12.3. The van der Waals surface area contributed by atoms with Crippen LogP contribution in [0.2, 0.25) is 0 Å². The predicted molar refractivity (Wildman–Crippen MR) is 101 cm³/mol. The maximum Gasteiger partial charge on any atom is 0.256 e. The number of rotatable bonds is 9. The molecule has 0 spiro atoms. The van der Waals surface area contributed by atoms with Crippen LogP contribution in [0.3, 0.4) is 0 Å². The molecule has 1 N–H and O–H groups in total. The fraction of sp³-hybridized carbons (Fsp3) is 0.650. The molecule has 0 unspecified atom stereocenters. The minimum absolute atomic E-state index is 0.139. The van der Waals surface area contributed by atoms with Crippen molar-refractivity contribution in [2.75, 3.05) is 38.2 Å². The van der Waals surface area contributed by atoms with Crippen LogP contribution in [0, 0.1) is 0 Å². The lowest BCUT2D eigenvalue weighted by Crippen LogP contribution is -2.40. The Hall–Kier alpha value is -1.59. The highest BCUT2D eigenvalue weighted by atomic mass is 16.5. The average molecular weight is 348 g/mol. The number of nitrogens with zero attached hydrogens (tertiary/aromatic N) is 1. The second-order valence-electron chi connectivity index (χ2n) is 7.09. The third-order valence-electron chi connectivity index (χ3n) is 4.45. The smallest absolute Gasteiger partial charge is 0.256 e. The molecule has 0 aliphatic carbocycles. The van der Waals surface area contributed by atoms with Crippen LogP contribution in [0.25, 0.3) is 0 Å². The lowest BCUT2D eigenvalue weighted by atomic mass is 10.1. The molecule has 1 aliphatic rings. The molecule has 5 heteroatoms. The van der Waals surface area contributed by atoms with E-state index >= 15 is 0 Å². The van der Waals surface area contributed by atoms with Gasteiger partial charge in [-0.25, -0.2) is 0 Å². The summed E-state index contributed by atoms with van der Waals surface area (Å²) in [6.07, 6.45) is 4.84. The quantitative estimate of drug-likeness (QED) is 0.739. The fourth-order valence-corrected chi connectivity index (χ4v) is 2.81. The Balaban J connectivity index is 1.76. The Kier molecular flexibility index (Phi) is 7.72. The summed E-state index contributed by atoms with van der Waals surface area (Å²) in [6.45, 7) is 10.2. The van der Waals surface area contributed by atoms with Crippen molar-refractivity contribution in [3.63, 3.8) is 0 Å². The zero-order valence-corrected chi connectivity index (χ0v) is 15.8. The fourth-order valence-electron chi connectivity index (χ4n) is 2.81. The number of carbonyl (C=O) groups is 1. The first kappa shape index (κ1) is 19.7. The third-order valence-corrected chi connectivity index (χ3v) is 4.45. The van der Waals surface area contributed by atoms with Gasteiger partial charge in [0.2, 0.25) is 0 Å². The Bertz CT molecular complexity index is 522. The summed E-state index contributed by atoms with van der Waals surface area (Å²) in [5, 5.41) is 2.90. The molecule has 25 heavy (non-hydrogen) atoms. The number of nitrogens with one attached hydrogen (secondary N) is 1. The highest BCUT2D eigenvalue weighted by Gasteiger charge is 2.28. The summed E-state index contributed by atoms with van der Waals surface area (Å²) in [5.41, 5.74) is -0.0823. The molecule has 1 heterocycles. The van der Waals surface area contributed by atoms with E-state index in [0.717, 1.165) is 24.4 Å². The van der Waals surface area contributed by atoms with Gasteiger partial charge in [-0.05, 0) is 70.5 Å². The zero-order chi connectivity index (χ0) is 18.1. The van der Waals surface area contributed by atoms with Crippen molar-refractivity contribution in [1.82, 2.24) is 4.90 Å². The van der Waals surface area contributed by atoms with Crippen molar-refractivity contribution in [3.05, 3.63) is 24.3 Å². The van der Waals surface area contributed by atoms with Gasteiger partial charge in [0, 0.05) is 18.8 Å². The molecule has 1 aromatic rings. The standard InChI is InChI=1S/C20H32N2O3/c1-4-15-25-20(2,3)19(23)21-17-8-10-18(11-9-17)24-16-14-22-12-6-5-7-13-22/h8-11H,4-7,12-16H2,1-3H3,(H,21,23). The van der Waals surface area contributed by atoms with Gasteiger partial charge in [0.25, 0.3) is 5.91 Å². The van der Waals surface area contributed by atoms with E-state index in [1.807, 2.05) is 31.2 Å². The molecule has 1 aliphatic heterocycles. The molecule has 1 saturated heterocycles. The van der Waals surface area contributed by atoms with Crippen molar-refractivity contribution >= 4 is 11.6 Å². The largest absolute Gasteiger partial charge is 0.492 e. The monoisotopic (exact) mass is 348 g/mol. The molecule has 0 atom stereocenters. The minimum atomic E-state index is -0.834. The van der Waals surface area contributed by atoms with E-state index in [4.69, 9.17) is 9.47 Å². The molecule has 0 radical (unpaired) electrons. The number of anilines is 1. The normalized spacial score (nSPS) is 15.8. The van der Waals surface area contributed by atoms with Crippen LogP contribution in [0.4, 0.5) is 5.69 Å². The van der Waals surface area contributed by atoms with E-state index in [1.165, 1.54) is 32.4 Å². The number of carbonyl (C=O) groups excluding carboxylic acids is 1. The van der Waals surface area contributed by atoms with Gasteiger partial charge in [-0.2, -0.15) is 0 Å². The molecule has 1 aromatic carbocycles. The van der Waals surface area contributed by atoms with Crippen molar-refractivity contribution < 1.29 is 14.3 Å². The van der Waals surface area contributed by atoms with Gasteiger partial charge in [-0.1, -0.05) is 13.3 Å². The average Bonchev–Trinajstić information content (AvgIpc) is 2.62.